The topological polar surface area (TPSA) is 66.0 Å². The van der Waals surface area contributed by atoms with Crippen LogP contribution >= 0.6 is 0 Å². The van der Waals surface area contributed by atoms with Crippen LogP contribution in [0.5, 0.6) is 0 Å². The maximum absolute atomic E-state index is 11.5. The minimum absolute atomic E-state index is 0.0979. The number of fused-ring (bicyclic) bond motifs is 1. The number of pyridine rings is 1. The number of nitrogens with one attached hydrogen (secondary N) is 2. The van der Waals surface area contributed by atoms with Crippen molar-refractivity contribution in [3.8, 4) is 0 Å². The van der Waals surface area contributed by atoms with Crippen LogP contribution in [0.1, 0.15) is 0 Å². The van der Waals surface area contributed by atoms with E-state index in [-0.39, 0.29) is 5.69 Å². The number of hydrogen-bond donors (Lipinski definition) is 2. The van der Waals surface area contributed by atoms with Gasteiger partial charge in [-0.15, -0.1) is 0 Å². The van der Waals surface area contributed by atoms with Gasteiger partial charge in [0.1, 0.15) is 5.82 Å². The van der Waals surface area contributed by atoms with Gasteiger partial charge >= 0.3 is 5.69 Å². The number of anilines is 1. The number of aromatic nitrogens is 3. The van der Waals surface area contributed by atoms with Gasteiger partial charge in [-0.3, -0.25) is 4.57 Å². The van der Waals surface area contributed by atoms with Crippen LogP contribution in [0.15, 0.2) is 17.1 Å². The second kappa shape index (κ2) is 3.89. The maximum atomic E-state index is 11.5. The molecule has 0 spiro atoms. The number of H-pyrrole nitrogens is 1. The Balaban J connectivity index is 2.05. The molecule has 6 heteroatoms. The summed E-state index contributed by atoms with van der Waals surface area (Å²) in [6.45, 7) is 3.87. The molecule has 0 amide bonds. The smallest absolute Gasteiger partial charge is 0.326 e. The number of nitrogens with zero attached hydrogens (tertiary/aromatic N) is 3. The van der Waals surface area contributed by atoms with Crippen LogP contribution in [-0.2, 0) is 7.05 Å². The van der Waals surface area contributed by atoms with Gasteiger partial charge in [0.15, 0.2) is 0 Å². The summed E-state index contributed by atoms with van der Waals surface area (Å²) in [5.74, 6) is 0.939. The first-order valence-electron chi connectivity index (χ1n) is 5.76. The normalized spacial score (nSPS) is 16.6. The van der Waals surface area contributed by atoms with E-state index in [0.717, 1.165) is 43.0 Å². The van der Waals surface area contributed by atoms with Gasteiger partial charge < -0.3 is 15.2 Å². The Hall–Kier alpha value is -1.82. The highest BCUT2D eigenvalue weighted by Gasteiger charge is 2.13. The Morgan fingerprint density at radius 3 is 2.88 bits per heavy atom. The SMILES string of the molecule is Cn1c(=O)[nH]c2cnc(N3CCNCC3)cc21. The lowest BCUT2D eigenvalue weighted by Crippen LogP contribution is -2.43. The summed E-state index contributed by atoms with van der Waals surface area (Å²) in [6, 6.07) is 1.97. The van der Waals surface area contributed by atoms with E-state index >= 15 is 0 Å². The van der Waals surface area contributed by atoms with Gasteiger partial charge in [0.05, 0.1) is 17.2 Å². The second-order valence-corrected chi connectivity index (χ2v) is 4.29. The molecule has 6 nitrogen and oxygen atoms in total. The molecule has 0 bridgehead atoms. The Labute approximate surface area is 98.3 Å². The molecule has 0 radical (unpaired) electrons. The Morgan fingerprint density at radius 1 is 1.35 bits per heavy atom. The third-order valence-electron chi connectivity index (χ3n) is 3.22. The Kier molecular flexibility index (Phi) is 2.36. The van der Waals surface area contributed by atoms with E-state index in [4.69, 9.17) is 0 Å². The molecule has 0 saturated carbocycles. The first-order valence-corrected chi connectivity index (χ1v) is 5.76. The van der Waals surface area contributed by atoms with Crippen molar-refractivity contribution in [3.05, 3.63) is 22.7 Å². The van der Waals surface area contributed by atoms with Crippen LogP contribution in [0.2, 0.25) is 0 Å². The first kappa shape index (κ1) is 10.3. The summed E-state index contributed by atoms with van der Waals surface area (Å²) in [5, 5.41) is 3.31. The van der Waals surface area contributed by atoms with E-state index in [2.05, 4.69) is 20.2 Å². The van der Waals surface area contributed by atoms with Crippen LogP contribution in [0, 0.1) is 0 Å². The predicted molar refractivity (Wildman–Crippen MR) is 66.4 cm³/mol. The number of aryl methyl sites for hydroxylation is 1. The molecular weight excluding hydrogens is 218 g/mol. The van der Waals surface area contributed by atoms with Crippen molar-refractivity contribution in [1.82, 2.24) is 19.9 Å². The van der Waals surface area contributed by atoms with Crippen LogP contribution in [0.25, 0.3) is 11.0 Å². The second-order valence-electron chi connectivity index (χ2n) is 4.29. The van der Waals surface area contributed by atoms with Crippen LogP contribution in [0.3, 0.4) is 0 Å². The van der Waals surface area contributed by atoms with Crippen molar-refractivity contribution in [2.45, 2.75) is 0 Å². The van der Waals surface area contributed by atoms with E-state index < -0.39 is 0 Å². The molecule has 17 heavy (non-hydrogen) atoms. The van der Waals surface area contributed by atoms with Crippen molar-refractivity contribution in [2.24, 2.45) is 7.05 Å². The van der Waals surface area contributed by atoms with Gasteiger partial charge in [-0.1, -0.05) is 0 Å². The van der Waals surface area contributed by atoms with Crippen molar-refractivity contribution in [1.29, 1.82) is 0 Å². The maximum Gasteiger partial charge on any atom is 0.326 e. The molecule has 1 saturated heterocycles. The molecule has 1 fully saturated rings. The Morgan fingerprint density at radius 2 is 2.12 bits per heavy atom. The molecular formula is C11H15N5O. The fraction of sp³-hybridized carbons (Fsp3) is 0.455. The van der Waals surface area contributed by atoms with Gasteiger partial charge in [0.2, 0.25) is 0 Å². The zero-order chi connectivity index (χ0) is 11.8. The summed E-state index contributed by atoms with van der Waals surface area (Å²) in [6.07, 6.45) is 1.73. The molecule has 1 aliphatic rings. The highest BCUT2D eigenvalue weighted by molar-refractivity contribution is 5.77. The average molecular weight is 233 g/mol. The van der Waals surface area contributed by atoms with Crippen molar-refractivity contribution in [3.63, 3.8) is 0 Å². The number of hydrogen-bond acceptors (Lipinski definition) is 4. The van der Waals surface area contributed by atoms with Crippen LogP contribution in [-0.4, -0.2) is 40.7 Å². The predicted octanol–water partition coefficient (Wildman–Crippen LogP) is -0.329. The molecule has 2 aromatic rings. The van der Waals surface area contributed by atoms with Crippen molar-refractivity contribution >= 4 is 16.9 Å². The van der Waals surface area contributed by atoms with Crippen molar-refractivity contribution in [2.75, 3.05) is 31.1 Å². The minimum atomic E-state index is -0.0979. The van der Waals surface area contributed by atoms with Gasteiger partial charge in [-0.25, -0.2) is 9.78 Å². The fourth-order valence-corrected chi connectivity index (χ4v) is 2.18. The van der Waals surface area contributed by atoms with Crippen LogP contribution in [0.4, 0.5) is 5.82 Å². The lowest BCUT2D eigenvalue weighted by atomic mass is 10.3. The van der Waals surface area contributed by atoms with E-state index in [9.17, 15) is 4.79 Å². The van der Waals surface area contributed by atoms with Crippen molar-refractivity contribution < 1.29 is 0 Å². The molecule has 3 heterocycles. The molecule has 3 rings (SSSR count). The standard InChI is InChI=1S/C11H15N5O/c1-15-9-6-10(16-4-2-12-3-5-16)13-7-8(9)14-11(15)17/h6-7,12H,2-5H2,1H3,(H,14,17). The number of imidazole rings is 1. The summed E-state index contributed by atoms with van der Waals surface area (Å²) in [5.41, 5.74) is 1.59. The molecule has 1 aliphatic heterocycles. The summed E-state index contributed by atoms with van der Waals surface area (Å²) in [4.78, 5) is 20.9. The van der Waals surface area contributed by atoms with E-state index in [0.29, 0.717) is 0 Å². The van der Waals surface area contributed by atoms with Crippen LogP contribution < -0.4 is 15.9 Å². The lowest BCUT2D eigenvalue weighted by molar-refractivity contribution is 0.585. The Bertz CT molecular complexity index is 593. The average Bonchev–Trinajstić information content (AvgIpc) is 2.66. The van der Waals surface area contributed by atoms with Gasteiger partial charge in [0.25, 0.3) is 0 Å². The summed E-state index contributed by atoms with van der Waals surface area (Å²) < 4.78 is 1.61. The fourth-order valence-electron chi connectivity index (χ4n) is 2.18. The third kappa shape index (κ3) is 1.70. The lowest BCUT2D eigenvalue weighted by Gasteiger charge is -2.28. The number of piperazine rings is 1. The monoisotopic (exact) mass is 233 g/mol. The zero-order valence-electron chi connectivity index (χ0n) is 9.73. The summed E-state index contributed by atoms with van der Waals surface area (Å²) >= 11 is 0. The van der Waals surface area contributed by atoms with Gasteiger partial charge in [-0.05, 0) is 0 Å². The van der Waals surface area contributed by atoms with E-state index in [1.165, 1.54) is 0 Å². The number of rotatable bonds is 1. The molecule has 2 N–H and O–H groups in total. The molecule has 0 atom stereocenters. The molecule has 0 aliphatic carbocycles. The first-order chi connectivity index (χ1) is 8.25. The number of aromatic amines is 1. The molecule has 90 valence electrons. The highest BCUT2D eigenvalue weighted by Crippen LogP contribution is 2.16. The van der Waals surface area contributed by atoms with Gasteiger partial charge in [0, 0.05) is 39.3 Å². The van der Waals surface area contributed by atoms with E-state index in [1.54, 1.807) is 17.8 Å². The van der Waals surface area contributed by atoms with E-state index in [1.807, 2.05) is 6.07 Å². The summed E-state index contributed by atoms with van der Waals surface area (Å²) in [7, 11) is 1.77. The molecule has 2 aromatic heterocycles. The quantitative estimate of drug-likeness (QED) is 0.708. The molecule has 0 aromatic carbocycles. The molecule has 0 unspecified atom stereocenters. The minimum Gasteiger partial charge on any atom is -0.354 e. The van der Waals surface area contributed by atoms with Gasteiger partial charge in [-0.2, -0.15) is 0 Å². The highest BCUT2D eigenvalue weighted by atomic mass is 16.1. The zero-order valence-corrected chi connectivity index (χ0v) is 9.73. The third-order valence-corrected chi connectivity index (χ3v) is 3.22. The largest absolute Gasteiger partial charge is 0.354 e.